The van der Waals surface area contributed by atoms with Crippen molar-refractivity contribution in [1.29, 1.82) is 0 Å². The predicted molar refractivity (Wildman–Crippen MR) is 120 cm³/mol. The summed E-state index contributed by atoms with van der Waals surface area (Å²) < 4.78 is 33.3. The lowest BCUT2D eigenvalue weighted by molar-refractivity contribution is 0.0383. The molecule has 1 atom stereocenters. The minimum Gasteiger partial charge on any atom is -0.379 e. The first-order valence-electron chi connectivity index (χ1n) is 10.7. The zero-order valence-corrected chi connectivity index (χ0v) is 18.8. The fraction of sp³-hybridized carbons (Fsp3) is 0.435. The third kappa shape index (κ3) is 4.61. The Labute approximate surface area is 184 Å². The summed E-state index contributed by atoms with van der Waals surface area (Å²) in [5.74, 6) is -0.136. The molecular weight excluding hydrogens is 414 g/mol. The third-order valence-corrected chi connectivity index (χ3v) is 7.83. The summed E-state index contributed by atoms with van der Waals surface area (Å²) in [7, 11) is -3.66. The molecule has 0 radical (unpaired) electrons. The highest BCUT2D eigenvalue weighted by Gasteiger charge is 2.36. The zero-order valence-electron chi connectivity index (χ0n) is 18.0. The number of nitrogens with zero attached hydrogens (tertiary/aromatic N) is 2. The van der Waals surface area contributed by atoms with Crippen molar-refractivity contribution in [2.24, 2.45) is 0 Å². The lowest BCUT2D eigenvalue weighted by Gasteiger charge is -2.26. The maximum absolute atomic E-state index is 13.3. The summed E-state index contributed by atoms with van der Waals surface area (Å²) in [6.45, 7) is 8.43. The van der Waals surface area contributed by atoms with Crippen molar-refractivity contribution in [3.8, 4) is 0 Å². The molecule has 2 aliphatic rings. The van der Waals surface area contributed by atoms with Crippen molar-refractivity contribution in [2.45, 2.75) is 31.2 Å². The molecule has 4 rings (SSSR count). The van der Waals surface area contributed by atoms with Crippen LogP contribution in [0.4, 0.5) is 5.69 Å². The van der Waals surface area contributed by atoms with Crippen molar-refractivity contribution in [2.75, 3.05) is 43.7 Å². The van der Waals surface area contributed by atoms with E-state index in [0.29, 0.717) is 24.2 Å². The van der Waals surface area contributed by atoms with Crippen LogP contribution in [0.5, 0.6) is 0 Å². The van der Waals surface area contributed by atoms with Crippen molar-refractivity contribution >= 4 is 21.6 Å². The van der Waals surface area contributed by atoms with Gasteiger partial charge in [-0.25, -0.2) is 8.42 Å². The second-order valence-electron chi connectivity index (χ2n) is 8.22. The van der Waals surface area contributed by atoms with E-state index < -0.39 is 10.0 Å². The van der Waals surface area contributed by atoms with Gasteiger partial charge in [0, 0.05) is 37.8 Å². The molecule has 1 N–H and O–H groups in total. The van der Waals surface area contributed by atoms with Crippen LogP contribution in [0.2, 0.25) is 0 Å². The Hall–Kier alpha value is -2.42. The summed E-state index contributed by atoms with van der Waals surface area (Å²) in [5, 5.41) is 2.97. The summed E-state index contributed by atoms with van der Waals surface area (Å²) in [6.07, 6.45) is 0.579. The highest BCUT2D eigenvalue weighted by molar-refractivity contribution is 7.92. The topological polar surface area (TPSA) is 79.0 Å². The number of carbonyl (C=O) groups excluding carboxylic acids is 1. The van der Waals surface area contributed by atoms with Crippen molar-refractivity contribution in [3.05, 3.63) is 59.2 Å². The van der Waals surface area contributed by atoms with Gasteiger partial charge in [0.1, 0.15) is 0 Å². The first-order chi connectivity index (χ1) is 14.9. The number of nitrogens with one attached hydrogen (secondary N) is 1. The summed E-state index contributed by atoms with van der Waals surface area (Å²) in [4.78, 5) is 15.2. The number of morpholine rings is 1. The number of hydrogen-bond donors (Lipinski definition) is 1. The number of rotatable bonds is 6. The van der Waals surface area contributed by atoms with Crippen molar-refractivity contribution < 1.29 is 17.9 Å². The average molecular weight is 444 g/mol. The third-order valence-electron chi connectivity index (χ3n) is 5.89. The average Bonchev–Trinajstić information content (AvgIpc) is 3.10. The molecule has 31 heavy (non-hydrogen) atoms. The lowest BCUT2D eigenvalue weighted by Crippen LogP contribution is -2.41. The normalized spacial score (nSPS) is 19.3. The number of anilines is 1. The van der Waals surface area contributed by atoms with Gasteiger partial charge in [0.15, 0.2) is 0 Å². The molecule has 7 nitrogen and oxygen atoms in total. The van der Waals surface area contributed by atoms with E-state index in [-0.39, 0.29) is 16.8 Å². The predicted octanol–water partition coefficient (Wildman–Crippen LogP) is 2.20. The molecule has 0 bridgehead atoms. The number of fused-ring (bicyclic) bond motifs is 1. The van der Waals surface area contributed by atoms with E-state index in [0.717, 1.165) is 44.0 Å². The van der Waals surface area contributed by atoms with Gasteiger partial charge in [0.25, 0.3) is 15.9 Å². The van der Waals surface area contributed by atoms with E-state index in [9.17, 15) is 13.2 Å². The fourth-order valence-electron chi connectivity index (χ4n) is 4.19. The van der Waals surface area contributed by atoms with E-state index in [1.165, 1.54) is 4.31 Å². The van der Waals surface area contributed by atoms with Crippen molar-refractivity contribution in [3.63, 3.8) is 0 Å². The Balaban J connectivity index is 1.47. The molecule has 166 valence electrons. The Morgan fingerprint density at radius 3 is 2.55 bits per heavy atom. The van der Waals surface area contributed by atoms with Gasteiger partial charge >= 0.3 is 0 Å². The van der Waals surface area contributed by atoms with Crippen molar-refractivity contribution in [1.82, 2.24) is 10.2 Å². The number of amides is 1. The van der Waals surface area contributed by atoms with Gasteiger partial charge in [-0.3, -0.25) is 14.0 Å². The van der Waals surface area contributed by atoms with Crippen LogP contribution in [0, 0.1) is 6.92 Å². The van der Waals surface area contributed by atoms with Gasteiger partial charge in [-0.2, -0.15) is 0 Å². The Kier molecular flexibility index (Phi) is 6.31. The van der Waals surface area contributed by atoms with Crippen LogP contribution in [0.15, 0.2) is 47.4 Å². The quantitative estimate of drug-likeness (QED) is 0.741. The largest absolute Gasteiger partial charge is 0.379 e. The first kappa shape index (κ1) is 21.8. The number of sulfonamides is 1. The number of aryl methyl sites for hydroxylation is 1. The molecule has 2 aliphatic heterocycles. The first-order valence-corrected chi connectivity index (χ1v) is 12.1. The molecule has 8 heteroatoms. The van der Waals surface area contributed by atoms with Crippen LogP contribution in [0.1, 0.15) is 28.4 Å². The molecule has 0 unspecified atom stereocenters. The summed E-state index contributed by atoms with van der Waals surface area (Å²) >= 11 is 0. The van der Waals surface area contributed by atoms with Crippen LogP contribution in [0.25, 0.3) is 0 Å². The summed E-state index contributed by atoms with van der Waals surface area (Å²) in [5.41, 5.74) is 3.10. The van der Waals surface area contributed by atoms with Crippen LogP contribution < -0.4 is 9.62 Å². The van der Waals surface area contributed by atoms with Gasteiger partial charge in [-0.15, -0.1) is 0 Å². The van der Waals surface area contributed by atoms with Crippen LogP contribution in [-0.2, 0) is 21.2 Å². The molecule has 1 amide bonds. The smallest absolute Gasteiger partial charge is 0.264 e. The monoisotopic (exact) mass is 443 g/mol. The molecular formula is C23H29N3O4S. The second kappa shape index (κ2) is 8.98. The maximum Gasteiger partial charge on any atom is 0.264 e. The highest BCUT2D eigenvalue weighted by Crippen LogP contribution is 2.37. The molecule has 0 saturated carbocycles. The van der Waals surface area contributed by atoms with Gasteiger partial charge in [-0.05, 0) is 56.2 Å². The second-order valence-corrected chi connectivity index (χ2v) is 10.0. The molecule has 0 aromatic heterocycles. The molecule has 2 aromatic rings. The van der Waals surface area contributed by atoms with Gasteiger partial charge in [-0.1, -0.05) is 17.7 Å². The zero-order chi connectivity index (χ0) is 22.0. The lowest BCUT2D eigenvalue weighted by atomic mass is 10.1. The minimum atomic E-state index is -3.66. The maximum atomic E-state index is 13.3. The van der Waals surface area contributed by atoms with E-state index in [4.69, 9.17) is 4.74 Å². The van der Waals surface area contributed by atoms with Crippen LogP contribution in [0.3, 0.4) is 0 Å². The van der Waals surface area contributed by atoms with Gasteiger partial charge < -0.3 is 10.1 Å². The summed E-state index contributed by atoms with van der Waals surface area (Å²) in [6, 6.07) is 12.0. The molecule has 0 spiro atoms. The van der Waals surface area contributed by atoms with E-state index in [1.807, 2.05) is 19.9 Å². The molecule has 1 fully saturated rings. The number of carbonyl (C=O) groups is 1. The number of benzene rings is 2. The standard InChI is InChI=1S/C23H29N3O4S/c1-17-3-6-21(7-4-17)31(28,29)26-18(2)15-20-16-19(5-8-22(20)26)23(27)24-9-10-25-11-13-30-14-12-25/h3-8,16,18H,9-15H2,1-2H3,(H,24,27)/t18-/m0/s1. The molecule has 2 aromatic carbocycles. The Morgan fingerprint density at radius 2 is 1.84 bits per heavy atom. The van der Waals surface area contributed by atoms with Gasteiger partial charge in [0.05, 0.1) is 23.8 Å². The van der Waals surface area contributed by atoms with E-state index in [1.54, 1.807) is 36.4 Å². The fourth-order valence-corrected chi connectivity index (χ4v) is 5.88. The number of hydrogen-bond acceptors (Lipinski definition) is 5. The minimum absolute atomic E-state index is 0.136. The molecule has 1 saturated heterocycles. The molecule has 0 aliphatic carbocycles. The van der Waals surface area contributed by atoms with Gasteiger partial charge in [0.2, 0.25) is 0 Å². The molecule has 2 heterocycles. The van der Waals surface area contributed by atoms with E-state index >= 15 is 0 Å². The Bertz CT molecular complexity index is 1050. The van der Waals surface area contributed by atoms with Crippen LogP contribution >= 0.6 is 0 Å². The number of ether oxygens (including phenoxy) is 1. The highest BCUT2D eigenvalue weighted by atomic mass is 32.2. The SMILES string of the molecule is Cc1ccc(S(=O)(=O)N2c3ccc(C(=O)NCCN4CCOCC4)cc3C[C@@H]2C)cc1. The Morgan fingerprint density at radius 1 is 1.13 bits per heavy atom. The van der Waals surface area contributed by atoms with E-state index in [2.05, 4.69) is 10.2 Å². The van der Waals surface area contributed by atoms with Crippen LogP contribution in [-0.4, -0.2) is 64.7 Å².